The van der Waals surface area contributed by atoms with Crippen molar-refractivity contribution in [2.24, 2.45) is 0 Å². The van der Waals surface area contributed by atoms with Gasteiger partial charge in [0.2, 0.25) is 11.5 Å². The van der Waals surface area contributed by atoms with Gasteiger partial charge in [0.1, 0.15) is 0 Å². The molecule has 0 bridgehead atoms. The van der Waals surface area contributed by atoms with Gasteiger partial charge in [-0.15, -0.1) is 0 Å². The van der Waals surface area contributed by atoms with Gasteiger partial charge in [-0.05, 0) is 22.4 Å². The number of rotatable bonds is 2. The van der Waals surface area contributed by atoms with Crippen LogP contribution >= 0.6 is 34.8 Å². The Morgan fingerprint density at radius 2 is 1.83 bits per heavy atom. The van der Waals surface area contributed by atoms with Crippen LogP contribution in [0.4, 0.5) is 11.5 Å². The summed E-state index contributed by atoms with van der Waals surface area (Å²) >= 11 is 17.6. The van der Waals surface area contributed by atoms with E-state index in [0.717, 1.165) is 0 Å². The van der Waals surface area contributed by atoms with Crippen molar-refractivity contribution >= 4 is 52.2 Å². The molecule has 0 fully saturated rings. The number of nitrogens with one attached hydrogen (secondary N) is 1. The average Bonchev–Trinajstić information content (AvgIpc) is 2.69. The third kappa shape index (κ3) is 2.50. The van der Waals surface area contributed by atoms with Gasteiger partial charge in [-0.3, -0.25) is 4.79 Å². The van der Waals surface area contributed by atoms with Gasteiger partial charge in [0.15, 0.2) is 0 Å². The van der Waals surface area contributed by atoms with Gasteiger partial charge in [-0.1, -0.05) is 34.8 Å². The quantitative estimate of drug-likeness (QED) is 0.889. The summed E-state index contributed by atoms with van der Waals surface area (Å²) in [5.41, 5.74) is 5.43. The highest BCUT2D eigenvalue weighted by Gasteiger charge is 2.18. The van der Waals surface area contributed by atoms with Crippen LogP contribution in [0.3, 0.4) is 0 Å². The summed E-state index contributed by atoms with van der Waals surface area (Å²) in [5.74, 6) is -0.770. The van der Waals surface area contributed by atoms with E-state index < -0.39 is 5.91 Å². The van der Waals surface area contributed by atoms with E-state index in [1.165, 1.54) is 12.1 Å². The maximum absolute atomic E-state index is 11.8. The molecule has 94 valence electrons. The Morgan fingerprint density at radius 1 is 1.22 bits per heavy atom. The summed E-state index contributed by atoms with van der Waals surface area (Å²) in [6, 6.07) is 2.88. The van der Waals surface area contributed by atoms with Gasteiger partial charge in [0, 0.05) is 5.02 Å². The predicted octanol–water partition coefficient (Wildman–Crippen LogP) is 2.86. The van der Waals surface area contributed by atoms with Gasteiger partial charge in [0.05, 0.1) is 15.7 Å². The third-order valence-corrected chi connectivity index (χ3v) is 2.79. The molecule has 6 nitrogen and oxygen atoms in total. The first-order valence-corrected chi connectivity index (χ1v) is 5.66. The Hall–Kier alpha value is -1.50. The SMILES string of the molecule is Nc1nonc1C(=O)Nc1c(Cl)cc(Cl)cc1Cl. The van der Waals surface area contributed by atoms with Crippen molar-refractivity contribution in [3.63, 3.8) is 0 Å². The van der Waals surface area contributed by atoms with Crippen LogP contribution in [0.2, 0.25) is 15.1 Å². The fraction of sp³-hybridized carbons (Fsp3) is 0. The average molecular weight is 308 g/mol. The monoisotopic (exact) mass is 306 g/mol. The highest BCUT2D eigenvalue weighted by atomic mass is 35.5. The molecule has 1 amide bonds. The van der Waals surface area contributed by atoms with Gasteiger partial charge in [0.25, 0.3) is 5.91 Å². The number of hydrogen-bond acceptors (Lipinski definition) is 5. The summed E-state index contributed by atoms with van der Waals surface area (Å²) < 4.78 is 4.31. The standard InChI is InChI=1S/C9H5Cl3N4O2/c10-3-1-4(11)6(5(12)2-3)14-9(17)7-8(13)16-18-15-7/h1-2H,(H2,13,16)(H,14,17). The lowest BCUT2D eigenvalue weighted by molar-refractivity contribution is 0.101. The van der Waals surface area contributed by atoms with Crippen LogP contribution in [-0.4, -0.2) is 16.2 Å². The number of amides is 1. The molecule has 9 heteroatoms. The largest absolute Gasteiger partial charge is 0.379 e. The summed E-state index contributed by atoms with van der Waals surface area (Å²) in [4.78, 5) is 11.8. The first-order chi connectivity index (χ1) is 8.49. The van der Waals surface area contributed by atoms with Gasteiger partial charge >= 0.3 is 0 Å². The van der Waals surface area contributed by atoms with E-state index in [1.807, 2.05) is 0 Å². The molecule has 0 aliphatic rings. The lowest BCUT2D eigenvalue weighted by atomic mass is 10.3. The van der Waals surface area contributed by atoms with Crippen molar-refractivity contribution in [1.82, 2.24) is 10.3 Å². The number of hydrogen-bond donors (Lipinski definition) is 2. The van der Waals surface area contributed by atoms with E-state index in [4.69, 9.17) is 40.5 Å². The number of anilines is 2. The smallest absolute Gasteiger partial charge is 0.281 e. The Morgan fingerprint density at radius 3 is 2.33 bits per heavy atom. The van der Waals surface area contributed by atoms with E-state index in [1.54, 1.807) is 0 Å². The Labute approximate surface area is 116 Å². The Bertz CT molecular complexity index is 591. The molecule has 2 rings (SSSR count). The molecule has 0 aliphatic carbocycles. The van der Waals surface area contributed by atoms with Crippen LogP contribution in [0.1, 0.15) is 10.5 Å². The highest BCUT2D eigenvalue weighted by molar-refractivity contribution is 6.42. The fourth-order valence-electron chi connectivity index (χ4n) is 1.19. The molecule has 3 N–H and O–H groups in total. The van der Waals surface area contributed by atoms with Crippen molar-refractivity contribution < 1.29 is 9.42 Å². The number of carbonyl (C=O) groups excluding carboxylic acids is 1. The van der Waals surface area contributed by atoms with Crippen molar-refractivity contribution in [2.75, 3.05) is 11.1 Å². The second kappa shape index (κ2) is 5.01. The molecule has 0 spiro atoms. The third-order valence-electron chi connectivity index (χ3n) is 1.97. The van der Waals surface area contributed by atoms with E-state index >= 15 is 0 Å². The minimum atomic E-state index is -0.639. The molecule has 18 heavy (non-hydrogen) atoms. The van der Waals surface area contributed by atoms with Crippen LogP contribution in [-0.2, 0) is 0 Å². The molecule has 0 unspecified atom stereocenters. The van der Waals surface area contributed by atoms with Crippen molar-refractivity contribution in [3.05, 3.63) is 32.9 Å². The van der Waals surface area contributed by atoms with E-state index in [0.29, 0.717) is 5.02 Å². The zero-order valence-electron chi connectivity index (χ0n) is 8.58. The number of nitrogen functional groups attached to an aromatic ring is 1. The number of carbonyl (C=O) groups is 1. The highest BCUT2D eigenvalue weighted by Crippen LogP contribution is 2.33. The van der Waals surface area contributed by atoms with Gasteiger partial charge < -0.3 is 11.1 Å². The number of nitrogens with two attached hydrogens (primary N) is 1. The van der Waals surface area contributed by atoms with Crippen LogP contribution < -0.4 is 11.1 Å². The molecule has 0 aliphatic heterocycles. The van der Waals surface area contributed by atoms with Gasteiger partial charge in [-0.25, -0.2) is 4.63 Å². The summed E-state index contributed by atoms with van der Waals surface area (Å²) in [7, 11) is 0. The number of nitrogens with zero attached hydrogens (tertiary/aromatic N) is 2. The minimum absolute atomic E-state index is 0.131. The zero-order chi connectivity index (χ0) is 13.3. The number of halogens is 3. The van der Waals surface area contributed by atoms with Crippen molar-refractivity contribution in [2.45, 2.75) is 0 Å². The molecule has 2 aromatic rings. The lowest BCUT2D eigenvalue weighted by Gasteiger charge is -2.08. The molecule has 1 aromatic carbocycles. The Kier molecular flexibility index (Phi) is 3.60. The molecule has 0 radical (unpaired) electrons. The summed E-state index contributed by atoms with van der Waals surface area (Å²) in [6.07, 6.45) is 0. The van der Waals surface area contributed by atoms with E-state index in [-0.39, 0.29) is 27.2 Å². The first kappa shape index (κ1) is 12.9. The summed E-state index contributed by atoms with van der Waals surface area (Å²) in [6.45, 7) is 0. The maximum Gasteiger partial charge on any atom is 0.281 e. The van der Waals surface area contributed by atoms with E-state index in [2.05, 4.69) is 20.3 Å². The predicted molar refractivity (Wildman–Crippen MR) is 68.1 cm³/mol. The number of benzene rings is 1. The second-order valence-corrected chi connectivity index (χ2v) is 4.45. The molecular formula is C9H5Cl3N4O2. The van der Waals surface area contributed by atoms with Crippen LogP contribution in [0.15, 0.2) is 16.8 Å². The molecule has 0 saturated carbocycles. The molecule has 0 saturated heterocycles. The number of aromatic nitrogens is 2. The molecule has 1 aromatic heterocycles. The molecule has 1 heterocycles. The van der Waals surface area contributed by atoms with Crippen molar-refractivity contribution in [1.29, 1.82) is 0 Å². The second-order valence-electron chi connectivity index (χ2n) is 3.20. The minimum Gasteiger partial charge on any atom is -0.379 e. The normalized spacial score (nSPS) is 10.4. The topological polar surface area (TPSA) is 94.0 Å². The van der Waals surface area contributed by atoms with Crippen LogP contribution in [0, 0.1) is 0 Å². The zero-order valence-corrected chi connectivity index (χ0v) is 10.8. The summed E-state index contributed by atoms with van der Waals surface area (Å²) in [5, 5.41) is 9.81. The first-order valence-electron chi connectivity index (χ1n) is 4.53. The van der Waals surface area contributed by atoms with Crippen molar-refractivity contribution in [3.8, 4) is 0 Å². The lowest BCUT2D eigenvalue weighted by Crippen LogP contribution is -2.14. The fourth-order valence-corrected chi connectivity index (χ4v) is 2.10. The molecular weight excluding hydrogens is 302 g/mol. The maximum atomic E-state index is 11.8. The molecule has 0 atom stereocenters. The van der Waals surface area contributed by atoms with Crippen LogP contribution in [0.5, 0.6) is 0 Å². The van der Waals surface area contributed by atoms with Crippen LogP contribution in [0.25, 0.3) is 0 Å². The Balaban J connectivity index is 2.31. The van der Waals surface area contributed by atoms with E-state index in [9.17, 15) is 4.79 Å². The van der Waals surface area contributed by atoms with Gasteiger partial charge in [-0.2, -0.15) is 0 Å².